The number of rotatable bonds is 1. The molecule has 0 fully saturated rings. The summed E-state index contributed by atoms with van der Waals surface area (Å²) in [5, 5.41) is 0. The quantitative estimate of drug-likeness (QED) is 0.794. The first-order valence-electron chi connectivity index (χ1n) is 6.51. The van der Waals surface area contributed by atoms with E-state index in [-0.39, 0.29) is 11.0 Å². The maximum atomic E-state index is 11.7. The number of fused-ring (bicyclic) bond motifs is 1. The van der Waals surface area contributed by atoms with Gasteiger partial charge in [-0.15, -0.1) is 0 Å². The number of hydrogen-bond acceptors (Lipinski definition) is 3. The van der Waals surface area contributed by atoms with Crippen LogP contribution in [0.3, 0.4) is 0 Å². The maximum absolute atomic E-state index is 11.7. The topological polar surface area (TPSA) is 43.4 Å². The van der Waals surface area contributed by atoms with Gasteiger partial charge in [0.25, 0.3) is 0 Å². The Morgan fingerprint density at radius 3 is 2.37 bits per heavy atom. The van der Waals surface area contributed by atoms with E-state index in [9.17, 15) is 8.42 Å². The van der Waals surface area contributed by atoms with Gasteiger partial charge in [-0.1, -0.05) is 13.8 Å². The molecule has 0 saturated carbocycles. The summed E-state index contributed by atoms with van der Waals surface area (Å²) >= 11 is 0. The van der Waals surface area contributed by atoms with Crippen LogP contribution in [0.15, 0.2) is 23.1 Å². The third kappa shape index (κ3) is 3.30. The normalized spacial score (nSPS) is 21.1. The molecule has 1 aromatic rings. The Labute approximate surface area is 115 Å². The first-order chi connectivity index (χ1) is 8.49. The van der Waals surface area contributed by atoms with Crippen molar-refractivity contribution in [1.29, 1.82) is 0 Å². The predicted molar refractivity (Wildman–Crippen MR) is 76.4 cm³/mol. The van der Waals surface area contributed by atoms with Crippen LogP contribution in [0.1, 0.15) is 39.7 Å². The second-order valence-corrected chi connectivity index (χ2v) is 8.94. The minimum absolute atomic E-state index is 0.0882. The fraction of sp³-hybridized carbons (Fsp3) is 0.600. The van der Waals surface area contributed by atoms with Crippen LogP contribution in [0.25, 0.3) is 0 Å². The third-order valence-electron chi connectivity index (χ3n) is 3.42. The Morgan fingerprint density at radius 2 is 1.79 bits per heavy atom. The summed E-state index contributed by atoms with van der Waals surface area (Å²) in [5.74, 6) is 0.808. The van der Waals surface area contributed by atoms with Crippen molar-refractivity contribution >= 4 is 9.84 Å². The van der Waals surface area contributed by atoms with Crippen LogP contribution < -0.4 is 4.74 Å². The van der Waals surface area contributed by atoms with Gasteiger partial charge < -0.3 is 4.74 Å². The molecule has 3 nitrogen and oxygen atoms in total. The summed E-state index contributed by atoms with van der Waals surface area (Å²) in [6.45, 7) is 8.54. The largest absolute Gasteiger partial charge is 0.488 e. The first kappa shape index (κ1) is 14.4. The van der Waals surface area contributed by atoms with Gasteiger partial charge in [-0.05, 0) is 55.9 Å². The molecule has 1 heterocycles. The summed E-state index contributed by atoms with van der Waals surface area (Å²) < 4.78 is 29.4. The van der Waals surface area contributed by atoms with Crippen molar-refractivity contribution in [2.45, 2.75) is 51.0 Å². The minimum atomic E-state index is -3.17. The van der Waals surface area contributed by atoms with Crippen LogP contribution >= 0.6 is 0 Å². The number of sulfone groups is 1. The number of hydrogen-bond donors (Lipinski definition) is 0. The van der Waals surface area contributed by atoms with Crippen molar-refractivity contribution in [3.63, 3.8) is 0 Å². The van der Waals surface area contributed by atoms with Crippen molar-refractivity contribution < 1.29 is 13.2 Å². The van der Waals surface area contributed by atoms with Crippen LogP contribution in [0.2, 0.25) is 0 Å². The zero-order valence-corrected chi connectivity index (χ0v) is 13.1. The first-order valence-corrected chi connectivity index (χ1v) is 8.40. The van der Waals surface area contributed by atoms with Crippen LogP contribution in [-0.2, 0) is 16.3 Å². The maximum Gasteiger partial charge on any atom is 0.175 e. The zero-order chi connectivity index (χ0) is 14.5. The average Bonchev–Trinajstić information content (AvgIpc) is 2.24. The fourth-order valence-corrected chi connectivity index (χ4v) is 3.76. The van der Waals surface area contributed by atoms with Gasteiger partial charge in [0.2, 0.25) is 0 Å². The SMILES string of the molecule is CC1(C)Cc2cc(S(C)(=O)=O)ccc2OC(C)(C)C1. The molecule has 1 aromatic carbocycles. The summed E-state index contributed by atoms with van der Waals surface area (Å²) in [5.41, 5.74) is 0.838. The molecule has 106 valence electrons. The van der Waals surface area contributed by atoms with Crippen molar-refractivity contribution in [3.05, 3.63) is 23.8 Å². The lowest BCUT2D eigenvalue weighted by Gasteiger charge is -2.31. The van der Waals surface area contributed by atoms with Crippen molar-refractivity contribution in [1.82, 2.24) is 0 Å². The molecular weight excluding hydrogens is 260 g/mol. The van der Waals surface area contributed by atoms with E-state index in [4.69, 9.17) is 4.74 Å². The summed E-state index contributed by atoms with van der Waals surface area (Å²) in [6.07, 6.45) is 3.00. The van der Waals surface area contributed by atoms with E-state index in [0.717, 1.165) is 24.2 Å². The molecule has 0 atom stereocenters. The van der Waals surface area contributed by atoms with E-state index in [0.29, 0.717) is 4.90 Å². The molecule has 0 N–H and O–H groups in total. The van der Waals surface area contributed by atoms with Gasteiger partial charge in [0.1, 0.15) is 11.4 Å². The van der Waals surface area contributed by atoms with Gasteiger partial charge in [-0.3, -0.25) is 0 Å². The third-order valence-corrected chi connectivity index (χ3v) is 4.53. The Hall–Kier alpha value is -1.03. The van der Waals surface area contributed by atoms with Crippen molar-refractivity contribution in [2.75, 3.05) is 6.26 Å². The van der Waals surface area contributed by atoms with E-state index in [1.165, 1.54) is 6.26 Å². The van der Waals surface area contributed by atoms with Gasteiger partial charge in [0, 0.05) is 6.26 Å². The molecule has 0 saturated heterocycles. The molecule has 0 unspecified atom stereocenters. The molecule has 0 aromatic heterocycles. The molecule has 0 amide bonds. The molecule has 0 aliphatic carbocycles. The van der Waals surface area contributed by atoms with E-state index in [1.807, 2.05) is 0 Å². The lowest BCUT2D eigenvalue weighted by atomic mass is 9.78. The Morgan fingerprint density at radius 1 is 1.16 bits per heavy atom. The molecule has 0 bridgehead atoms. The van der Waals surface area contributed by atoms with Gasteiger partial charge in [0.15, 0.2) is 9.84 Å². The van der Waals surface area contributed by atoms with Crippen molar-refractivity contribution in [3.8, 4) is 5.75 Å². The monoisotopic (exact) mass is 282 g/mol. The average molecular weight is 282 g/mol. The van der Waals surface area contributed by atoms with Gasteiger partial charge in [0.05, 0.1) is 4.90 Å². The Balaban J connectivity index is 2.54. The summed E-state index contributed by atoms with van der Waals surface area (Å²) in [7, 11) is -3.17. The Bertz CT molecular complexity index is 598. The second kappa shape index (κ2) is 4.23. The predicted octanol–water partition coefficient (Wildman–Crippen LogP) is 3.22. The highest BCUT2D eigenvalue weighted by Gasteiger charge is 2.35. The highest BCUT2D eigenvalue weighted by molar-refractivity contribution is 7.90. The van der Waals surface area contributed by atoms with Gasteiger partial charge >= 0.3 is 0 Å². The molecular formula is C15H22O3S. The smallest absolute Gasteiger partial charge is 0.175 e. The molecule has 1 aliphatic heterocycles. The van der Waals surface area contributed by atoms with Gasteiger partial charge in [-0.2, -0.15) is 0 Å². The van der Waals surface area contributed by atoms with E-state index in [2.05, 4.69) is 27.7 Å². The lowest BCUT2D eigenvalue weighted by Crippen LogP contribution is -2.32. The van der Waals surface area contributed by atoms with Crippen LogP contribution in [0.5, 0.6) is 5.75 Å². The standard InChI is InChI=1S/C15H22O3S/c1-14(2)9-11-8-12(19(5,16)17)6-7-13(11)18-15(3,4)10-14/h6-8H,9-10H2,1-5H3. The highest BCUT2D eigenvalue weighted by Crippen LogP contribution is 2.41. The van der Waals surface area contributed by atoms with E-state index in [1.54, 1.807) is 18.2 Å². The zero-order valence-electron chi connectivity index (χ0n) is 12.3. The van der Waals surface area contributed by atoms with Crippen LogP contribution in [0.4, 0.5) is 0 Å². The number of benzene rings is 1. The van der Waals surface area contributed by atoms with E-state index >= 15 is 0 Å². The fourth-order valence-electron chi connectivity index (χ4n) is 3.09. The molecule has 1 aliphatic rings. The molecule has 2 rings (SSSR count). The minimum Gasteiger partial charge on any atom is -0.488 e. The van der Waals surface area contributed by atoms with Gasteiger partial charge in [-0.25, -0.2) is 8.42 Å². The lowest BCUT2D eigenvalue weighted by molar-refractivity contribution is 0.0687. The van der Waals surface area contributed by atoms with Crippen LogP contribution in [-0.4, -0.2) is 20.3 Å². The molecule has 4 heteroatoms. The van der Waals surface area contributed by atoms with E-state index < -0.39 is 9.84 Å². The summed E-state index contributed by atoms with van der Waals surface area (Å²) in [4.78, 5) is 0.366. The highest BCUT2D eigenvalue weighted by atomic mass is 32.2. The van der Waals surface area contributed by atoms with Crippen molar-refractivity contribution in [2.24, 2.45) is 5.41 Å². The van der Waals surface area contributed by atoms with Crippen LogP contribution in [0, 0.1) is 5.41 Å². The number of ether oxygens (including phenoxy) is 1. The Kier molecular flexibility index (Phi) is 3.21. The summed E-state index contributed by atoms with van der Waals surface area (Å²) in [6, 6.07) is 5.17. The second-order valence-electron chi connectivity index (χ2n) is 6.92. The molecule has 19 heavy (non-hydrogen) atoms. The molecule has 0 radical (unpaired) electrons. The molecule has 0 spiro atoms.